The summed E-state index contributed by atoms with van der Waals surface area (Å²) < 4.78 is 101. The van der Waals surface area contributed by atoms with E-state index in [1.165, 1.54) is 0 Å². The molecule has 8 nitrogen and oxygen atoms in total. The summed E-state index contributed by atoms with van der Waals surface area (Å²) in [5, 5.41) is -5.81. The molecule has 41 heavy (non-hydrogen) atoms. The second-order valence-corrected chi connectivity index (χ2v) is 14.4. The number of hydrogen-bond donors (Lipinski definition) is 1. The molecular weight excluding hydrogens is 579 g/mol. The molecule has 0 spiro atoms. The van der Waals surface area contributed by atoms with Crippen molar-refractivity contribution in [3.05, 3.63) is 0 Å². The van der Waals surface area contributed by atoms with Crippen molar-refractivity contribution in [3.63, 3.8) is 0 Å². The van der Waals surface area contributed by atoms with Crippen LogP contribution in [-0.2, 0) is 34.0 Å². The number of hydrogen-bond acceptors (Lipinski definition) is 7. The van der Waals surface area contributed by atoms with E-state index in [2.05, 4.69) is 11.7 Å². The summed E-state index contributed by atoms with van der Waals surface area (Å²) in [5.41, 5.74) is -1.24. The van der Waals surface area contributed by atoms with Gasteiger partial charge in [0, 0.05) is 43.4 Å². The van der Waals surface area contributed by atoms with Crippen LogP contribution in [0, 0.1) is 46.3 Å². The van der Waals surface area contributed by atoms with Gasteiger partial charge in [-0.3, -0.25) is 23.7 Å². The molecule has 0 aromatic heterocycles. The summed E-state index contributed by atoms with van der Waals surface area (Å²) >= 11 is 0. The number of fused-ring (bicyclic) bond motifs is 5. The second-order valence-electron chi connectivity index (χ2n) is 12.9. The highest BCUT2D eigenvalue weighted by molar-refractivity contribution is 7.86. The van der Waals surface area contributed by atoms with E-state index in [9.17, 15) is 49.5 Å². The molecule has 0 aliphatic heterocycles. The van der Waals surface area contributed by atoms with E-state index in [1.54, 1.807) is 13.8 Å². The number of alkyl halides is 5. The van der Waals surface area contributed by atoms with E-state index < -0.39 is 51.4 Å². The number of rotatable bonds is 7. The zero-order chi connectivity index (χ0) is 30.9. The fraction of sp³-hybridized carbons (Fsp3) is 0.852. The van der Waals surface area contributed by atoms with Crippen LogP contribution in [0.3, 0.4) is 0 Å². The van der Waals surface area contributed by atoms with Crippen molar-refractivity contribution in [2.45, 2.75) is 96.1 Å². The number of carbonyl (C=O) groups is 4. The molecule has 0 saturated heterocycles. The topological polar surface area (TPSA) is 132 Å². The minimum atomic E-state index is -6.54. The van der Waals surface area contributed by atoms with Crippen LogP contribution in [0.25, 0.3) is 0 Å². The Balaban J connectivity index is 1.47. The lowest BCUT2D eigenvalue weighted by molar-refractivity contribution is -0.259. The fourth-order valence-electron chi connectivity index (χ4n) is 8.59. The van der Waals surface area contributed by atoms with Crippen molar-refractivity contribution in [1.82, 2.24) is 0 Å². The van der Waals surface area contributed by atoms with Crippen molar-refractivity contribution in [2.75, 3.05) is 0 Å². The quantitative estimate of drug-likeness (QED) is 0.242. The van der Waals surface area contributed by atoms with Crippen LogP contribution < -0.4 is 0 Å². The first-order valence-corrected chi connectivity index (χ1v) is 15.3. The Kier molecular flexibility index (Phi) is 8.06. The second kappa shape index (κ2) is 10.3. The van der Waals surface area contributed by atoms with E-state index in [0.717, 1.165) is 0 Å². The van der Waals surface area contributed by atoms with Crippen molar-refractivity contribution in [3.8, 4) is 0 Å². The van der Waals surface area contributed by atoms with Gasteiger partial charge in [-0.1, -0.05) is 20.8 Å². The number of ketones is 3. The van der Waals surface area contributed by atoms with Crippen LogP contribution in [0.15, 0.2) is 0 Å². The predicted molar refractivity (Wildman–Crippen MR) is 132 cm³/mol. The van der Waals surface area contributed by atoms with Gasteiger partial charge in [-0.2, -0.15) is 30.4 Å². The first-order valence-electron chi connectivity index (χ1n) is 13.8. The van der Waals surface area contributed by atoms with Crippen LogP contribution in [-0.4, -0.2) is 53.8 Å². The monoisotopic (exact) mass is 614 g/mol. The van der Waals surface area contributed by atoms with Crippen LogP contribution >= 0.6 is 0 Å². The number of Topliss-reactive ketones (excluding diaryl/α,β-unsaturated/α-hetero) is 3. The molecule has 4 fully saturated rings. The summed E-state index contributed by atoms with van der Waals surface area (Å²) in [5.74, 6) is -3.26. The summed E-state index contributed by atoms with van der Waals surface area (Å²) in [4.78, 5) is 51.5. The minimum Gasteiger partial charge on any atom is -0.445 e. The molecule has 0 aromatic rings. The predicted octanol–water partition coefficient (Wildman–Crippen LogP) is 4.94. The van der Waals surface area contributed by atoms with Crippen molar-refractivity contribution in [1.29, 1.82) is 0 Å². The average Bonchev–Trinajstić information content (AvgIpc) is 3.19. The number of esters is 1. The standard InChI is InChI=1S/C27H35F5O8S/c1-13(4-7-21(36)40-23(26(28,29)30)27(31,32)41(37,38)39)16-5-6-17-22-18(12-20(35)25(16,17)3)24(2)9-8-15(33)10-14(24)11-19(22)34/h13-14,16-18,22-23H,4-12H2,1-3H3,(H,37,38,39)/t13-,14+,16-,17+,18+,22?,23?,24+,25-/m1/s1. The molecule has 2 unspecified atom stereocenters. The molecule has 4 aliphatic carbocycles. The minimum absolute atomic E-state index is 0.0304. The van der Waals surface area contributed by atoms with Crippen molar-refractivity contribution in [2.24, 2.45) is 46.3 Å². The lowest BCUT2D eigenvalue weighted by Gasteiger charge is -2.58. The third-order valence-corrected chi connectivity index (χ3v) is 11.8. The SMILES string of the molecule is C[C@H](CCC(=O)OC(C(F)(F)F)C(F)(F)S(=O)(=O)O)[C@H]1CC[C@H]2C3C(=O)C[C@@H]4CC(=O)CC[C@]4(C)[C@H]3CC(=O)[C@]12C. The Morgan fingerprint density at radius 1 is 1.05 bits per heavy atom. The van der Waals surface area contributed by atoms with E-state index in [0.29, 0.717) is 32.1 Å². The van der Waals surface area contributed by atoms with Gasteiger partial charge >= 0.3 is 27.5 Å². The van der Waals surface area contributed by atoms with Gasteiger partial charge in [0.1, 0.15) is 17.3 Å². The van der Waals surface area contributed by atoms with Gasteiger partial charge in [0.05, 0.1) is 0 Å². The highest BCUT2D eigenvalue weighted by Crippen LogP contribution is 2.66. The summed E-state index contributed by atoms with van der Waals surface area (Å²) in [6.45, 7) is 5.55. The molecule has 0 bridgehead atoms. The molecule has 0 radical (unpaired) electrons. The molecule has 0 aromatic carbocycles. The van der Waals surface area contributed by atoms with Crippen LogP contribution in [0.5, 0.6) is 0 Å². The first kappa shape index (κ1) is 32.0. The van der Waals surface area contributed by atoms with Gasteiger partial charge in [0.15, 0.2) is 0 Å². The third-order valence-electron chi connectivity index (χ3n) is 10.9. The largest absolute Gasteiger partial charge is 0.445 e. The maximum atomic E-state index is 13.8. The van der Waals surface area contributed by atoms with Gasteiger partial charge < -0.3 is 4.74 Å². The van der Waals surface area contributed by atoms with E-state index >= 15 is 0 Å². The Hall–Kier alpha value is -1.96. The molecular formula is C27H35F5O8S. The number of ether oxygens (including phenoxy) is 1. The normalized spacial score (nSPS) is 37.6. The molecule has 4 aliphatic rings. The molecule has 14 heteroatoms. The lowest BCUT2D eigenvalue weighted by Crippen LogP contribution is -2.60. The van der Waals surface area contributed by atoms with E-state index in [-0.39, 0.29) is 71.6 Å². The van der Waals surface area contributed by atoms with E-state index in [1.807, 2.05) is 0 Å². The third kappa shape index (κ3) is 5.25. The molecule has 9 atom stereocenters. The molecule has 232 valence electrons. The molecule has 0 amide bonds. The molecule has 4 saturated carbocycles. The average molecular weight is 615 g/mol. The summed E-state index contributed by atoms with van der Waals surface area (Å²) in [7, 11) is -6.54. The van der Waals surface area contributed by atoms with Gasteiger partial charge in [-0.15, -0.1) is 0 Å². The molecule has 1 N–H and O–H groups in total. The first-order chi connectivity index (χ1) is 18.7. The Labute approximate surface area is 234 Å². The van der Waals surface area contributed by atoms with Gasteiger partial charge in [0.25, 0.3) is 6.10 Å². The van der Waals surface area contributed by atoms with Gasteiger partial charge in [-0.25, -0.2) is 0 Å². The zero-order valence-corrected chi connectivity index (χ0v) is 23.8. The number of carbonyl (C=O) groups excluding carboxylic acids is 4. The highest BCUT2D eigenvalue weighted by atomic mass is 32.2. The Bertz CT molecular complexity index is 1230. The fourth-order valence-corrected chi connectivity index (χ4v) is 9.04. The maximum Gasteiger partial charge on any atom is 0.432 e. The Morgan fingerprint density at radius 3 is 2.27 bits per heavy atom. The van der Waals surface area contributed by atoms with Gasteiger partial charge in [-0.05, 0) is 60.7 Å². The summed E-state index contributed by atoms with van der Waals surface area (Å²) in [6.07, 6.45) is -8.36. The van der Waals surface area contributed by atoms with Gasteiger partial charge in [0.2, 0.25) is 0 Å². The zero-order valence-electron chi connectivity index (χ0n) is 23.0. The highest BCUT2D eigenvalue weighted by Gasteiger charge is 2.67. The molecule has 4 rings (SSSR count). The van der Waals surface area contributed by atoms with Crippen LogP contribution in [0.4, 0.5) is 22.0 Å². The maximum absolute atomic E-state index is 13.8. The van der Waals surface area contributed by atoms with Crippen molar-refractivity contribution < 1.29 is 58.8 Å². The van der Waals surface area contributed by atoms with Crippen molar-refractivity contribution >= 4 is 33.4 Å². The van der Waals surface area contributed by atoms with E-state index in [4.69, 9.17) is 4.55 Å². The summed E-state index contributed by atoms with van der Waals surface area (Å²) in [6, 6.07) is 0. The molecule has 0 heterocycles. The lowest BCUT2D eigenvalue weighted by atomic mass is 9.44. The Morgan fingerprint density at radius 2 is 1.68 bits per heavy atom. The van der Waals surface area contributed by atoms with Crippen LogP contribution in [0.1, 0.15) is 78.6 Å². The van der Waals surface area contributed by atoms with Crippen LogP contribution in [0.2, 0.25) is 0 Å². The smallest absolute Gasteiger partial charge is 0.432 e. The number of halogens is 5.